The first-order valence-electron chi connectivity index (χ1n) is 18.8. The molecule has 0 saturated heterocycles. The fourth-order valence-electron chi connectivity index (χ4n) is 8.47. The van der Waals surface area contributed by atoms with Crippen LogP contribution in [0.4, 0.5) is 17.1 Å². The molecule has 0 aliphatic heterocycles. The summed E-state index contributed by atoms with van der Waals surface area (Å²) in [4.78, 5) is 2.33. The lowest BCUT2D eigenvalue weighted by atomic mass is 9.96. The van der Waals surface area contributed by atoms with Crippen LogP contribution in [0.25, 0.3) is 82.5 Å². The average molecular weight is 703 g/mol. The van der Waals surface area contributed by atoms with Crippen molar-refractivity contribution >= 4 is 71.6 Å². The summed E-state index contributed by atoms with van der Waals surface area (Å²) in [6, 6.07) is 73.8. The zero-order valence-corrected chi connectivity index (χ0v) is 29.9. The molecule has 0 saturated carbocycles. The first-order valence-corrected chi connectivity index (χ1v) is 18.8. The first kappa shape index (κ1) is 31.2. The van der Waals surface area contributed by atoms with Crippen molar-refractivity contribution in [2.45, 2.75) is 0 Å². The van der Waals surface area contributed by atoms with E-state index >= 15 is 0 Å². The van der Waals surface area contributed by atoms with Gasteiger partial charge >= 0.3 is 0 Å². The van der Waals surface area contributed by atoms with Crippen molar-refractivity contribution in [1.29, 1.82) is 0 Å². The van der Waals surface area contributed by atoms with Crippen LogP contribution < -0.4 is 4.90 Å². The summed E-state index contributed by atoms with van der Waals surface area (Å²) in [6.07, 6.45) is 0. The van der Waals surface area contributed by atoms with E-state index in [-0.39, 0.29) is 0 Å². The molecule has 0 spiro atoms. The molecule has 0 radical (unpaired) electrons. The van der Waals surface area contributed by atoms with Crippen LogP contribution in [0.2, 0.25) is 0 Å². The third kappa shape index (κ3) is 5.13. The molecular formula is C52H34N2O. The van der Waals surface area contributed by atoms with Gasteiger partial charge in [-0.05, 0) is 112 Å². The van der Waals surface area contributed by atoms with Crippen LogP contribution in [0.3, 0.4) is 0 Å². The van der Waals surface area contributed by atoms with Gasteiger partial charge in [-0.25, -0.2) is 0 Å². The maximum atomic E-state index is 6.52. The third-order valence-electron chi connectivity index (χ3n) is 11.0. The van der Waals surface area contributed by atoms with Crippen LogP contribution in [0.15, 0.2) is 211 Å². The summed E-state index contributed by atoms with van der Waals surface area (Å²) in [5.41, 5.74) is 13.4. The fourth-order valence-corrected chi connectivity index (χ4v) is 8.47. The maximum absolute atomic E-state index is 6.52. The lowest BCUT2D eigenvalue weighted by Gasteiger charge is -2.26. The first-order chi connectivity index (χ1) is 27.3. The van der Waals surface area contributed by atoms with Gasteiger partial charge in [0.25, 0.3) is 0 Å². The molecule has 11 aromatic rings. The zero-order chi connectivity index (χ0) is 36.3. The Morgan fingerprint density at radius 3 is 1.82 bits per heavy atom. The Morgan fingerprint density at radius 2 is 1.00 bits per heavy atom. The van der Waals surface area contributed by atoms with E-state index in [0.717, 1.165) is 50.1 Å². The Labute approximate surface area is 318 Å². The van der Waals surface area contributed by atoms with Gasteiger partial charge in [0.1, 0.15) is 11.2 Å². The van der Waals surface area contributed by atoms with Crippen molar-refractivity contribution in [1.82, 2.24) is 4.57 Å². The number of anilines is 3. The number of para-hydroxylation sites is 3. The molecule has 2 aromatic heterocycles. The summed E-state index contributed by atoms with van der Waals surface area (Å²) in [6.45, 7) is 0. The normalized spacial score (nSPS) is 11.6. The van der Waals surface area contributed by atoms with Crippen molar-refractivity contribution in [2.75, 3.05) is 4.90 Å². The summed E-state index contributed by atoms with van der Waals surface area (Å²) in [5, 5.41) is 7.08. The lowest BCUT2D eigenvalue weighted by molar-refractivity contribution is 0.669. The van der Waals surface area contributed by atoms with Crippen molar-refractivity contribution in [3.05, 3.63) is 206 Å². The lowest BCUT2D eigenvalue weighted by Crippen LogP contribution is -2.09. The van der Waals surface area contributed by atoms with Crippen LogP contribution in [0, 0.1) is 0 Å². The van der Waals surface area contributed by atoms with Gasteiger partial charge in [0.2, 0.25) is 0 Å². The van der Waals surface area contributed by atoms with Gasteiger partial charge in [-0.15, -0.1) is 0 Å². The molecule has 55 heavy (non-hydrogen) atoms. The Morgan fingerprint density at radius 1 is 0.364 bits per heavy atom. The van der Waals surface area contributed by atoms with Crippen LogP contribution in [-0.2, 0) is 0 Å². The van der Waals surface area contributed by atoms with Crippen molar-refractivity contribution < 1.29 is 4.42 Å². The van der Waals surface area contributed by atoms with Crippen LogP contribution in [0.1, 0.15) is 0 Å². The topological polar surface area (TPSA) is 21.3 Å². The molecule has 2 heterocycles. The predicted octanol–water partition coefficient (Wildman–Crippen LogP) is 14.6. The van der Waals surface area contributed by atoms with Crippen molar-refractivity contribution in [3.8, 4) is 27.9 Å². The number of aromatic nitrogens is 1. The SMILES string of the molecule is c1ccc(-c2ccc(N(c3ccccc3)c3ccc4c(ccc5oc6ccc(-c7cccc8c7c7ccccc7n8-c7ccccc7)cc6c54)c3)cc2)cc1. The van der Waals surface area contributed by atoms with E-state index in [4.69, 9.17) is 4.42 Å². The molecule has 0 N–H and O–H groups in total. The summed E-state index contributed by atoms with van der Waals surface area (Å²) in [5.74, 6) is 0. The van der Waals surface area contributed by atoms with E-state index in [9.17, 15) is 0 Å². The van der Waals surface area contributed by atoms with E-state index in [2.05, 4.69) is 216 Å². The van der Waals surface area contributed by atoms with Gasteiger partial charge in [-0.2, -0.15) is 0 Å². The highest BCUT2D eigenvalue weighted by atomic mass is 16.3. The fraction of sp³-hybridized carbons (Fsp3) is 0. The smallest absolute Gasteiger partial charge is 0.136 e. The molecule has 258 valence electrons. The minimum atomic E-state index is 0.888. The molecule has 3 heteroatoms. The number of rotatable bonds is 6. The second-order valence-corrected chi connectivity index (χ2v) is 14.1. The van der Waals surface area contributed by atoms with Gasteiger partial charge in [0, 0.05) is 44.3 Å². The number of fused-ring (bicyclic) bond motifs is 8. The number of furan rings is 1. The molecule has 3 nitrogen and oxygen atoms in total. The van der Waals surface area contributed by atoms with Gasteiger partial charge in [0.05, 0.1) is 11.0 Å². The predicted molar refractivity (Wildman–Crippen MR) is 231 cm³/mol. The van der Waals surface area contributed by atoms with Crippen LogP contribution >= 0.6 is 0 Å². The van der Waals surface area contributed by atoms with Crippen molar-refractivity contribution in [2.24, 2.45) is 0 Å². The number of benzene rings is 9. The molecule has 0 fully saturated rings. The Kier molecular flexibility index (Phi) is 7.17. The maximum Gasteiger partial charge on any atom is 0.136 e. The van der Waals surface area contributed by atoms with E-state index in [0.29, 0.717) is 0 Å². The Balaban J connectivity index is 1.06. The number of nitrogens with zero attached hydrogens (tertiary/aromatic N) is 2. The third-order valence-corrected chi connectivity index (χ3v) is 11.0. The molecule has 0 atom stereocenters. The number of hydrogen-bond acceptors (Lipinski definition) is 2. The molecule has 0 amide bonds. The molecule has 0 aliphatic rings. The minimum absolute atomic E-state index is 0.888. The highest BCUT2D eigenvalue weighted by molar-refractivity contribution is 6.21. The molecule has 0 bridgehead atoms. The minimum Gasteiger partial charge on any atom is -0.456 e. The average Bonchev–Trinajstić information content (AvgIpc) is 3.81. The van der Waals surface area contributed by atoms with E-state index in [1.165, 1.54) is 49.4 Å². The largest absolute Gasteiger partial charge is 0.456 e. The highest BCUT2D eigenvalue weighted by Crippen LogP contribution is 2.43. The standard InChI is InChI=1S/C52H34N2O/c1-4-13-35(14-5-1)36-23-27-41(28-24-36)53(39-15-6-2-7-16-39)42-29-30-44-37(33-42)26-32-50-52(44)46-34-38(25-31-49(46)55-50)43-20-12-22-48-51(43)45-19-10-11-21-47(45)54(48)40-17-8-3-9-18-40/h1-34H. The summed E-state index contributed by atoms with van der Waals surface area (Å²) in [7, 11) is 0. The monoisotopic (exact) mass is 702 g/mol. The van der Waals surface area contributed by atoms with Gasteiger partial charge in [-0.3, -0.25) is 0 Å². The molecule has 9 aromatic carbocycles. The van der Waals surface area contributed by atoms with E-state index in [1.54, 1.807) is 0 Å². The summed E-state index contributed by atoms with van der Waals surface area (Å²) < 4.78 is 8.90. The second-order valence-electron chi connectivity index (χ2n) is 14.1. The molecule has 11 rings (SSSR count). The molecule has 0 aliphatic carbocycles. The van der Waals surface area contributed by atoms with Gasteiger partial charge in [0.15, 0.2) is 0 Å². The van der Waals surface area contributed by atoms with Crippen molar-refractivity contribution in [3.63, 3.8) is 0 Å². The summed E-state index contributed by atoms with van der Waals surface area (Å²) >= 11 is 0. The quantitative estimate of drug-likeness (QED) is 0.172. The van der Waals surface area contributed by atoms with E-state index < -0.39 is 0 Å². The van der Waals surface area contributed by atoms with E-state index in [1.807, 2.05) is 0 Å². The highest BCUT2D eigenvalue weighted by Gasteiger charge is 2.19. The second kappa shape index (κ2) is 12.6. The molecule has 0 unspecified atom stereocenters. The number of hydrogen-bond donors (Lipinski definition) is 0. The Bertz CT molecular complexity index is 3180. The molecular weight excluding hydrogens is 669 g/mol. The van der Waals surface area contributed by atoms with Gasteiger partial charge < -0.3 is 13.9 Å². The Hall–Kier alpha value is -7.36. The van der Waals surface area contributed by atoms with Gasteiger partial charge in [-0.1, -0.05) is 127 Å². The van der Waals surface area contributed by atoms with Crippen LogP contribution in [0.5, 0.6) is 0 Å². The zero-order valence-electron chi connectivity index (χ0n) is 29.9. The van der Waals surface area contributed by atoms with Crippen LogP contribution in [-0.4, -0.2) is 4.57 Å².